The van der Waals surface area contributed by atoms with Crippen LogP contribution in [0, 0.1) is 6.92 Å². The molecule has 0 amide bonds. The van der Waals surface area contributed by atoms with Gasteiger partial charge in [-0.3, -0.25) is 9.67 Å². The largest absolute Gasteiger partial charge is 0.375 e. The Morgan fingerprint density at radius 1 is 1.19 bits per heavy atom. The minimum atomic E-state index is 0.0875. The Morgan fingerprint density at radius 2 is 2.06 bits per heavy atom. The van der Waals surface area contributed by atoms with Gasteiger partial charge in [-0.2, -0.15) is 5.10 Å². The fraction of sp³-hybridized carbons (Fsp3) is 0.692. The van der Waals surface area contributed by atoms with Gasteiger partial charge in [-0.1, -0.05) is 25.8 Å². The number of nitrogens with one attached hydrogen (secondary N) is 1. The van der Waals surface area contributed by atoms with Crippen molar-refractivity contribution >= 4 is 0 Å². The Hall–Kier alpha value is -1.72. The van der Waals surface area contributed by atoms with Gasteiger partial charge < -0.3 is 10.1 Å². The monoisotopic (exact) mass is 422 g/mol. The average Bonchev–Trinajstić information content (AvgIpc) is 3.41. The number of ether oxygens (including phenoxy) is 1. The van der Waals surface area contributed by atoms with E-state index in [9.17, 15) is 0 Å². The number of nitrogens with zero attached hydrogens (tertiary/aromatic N) is 3. The van der Waals surface area contributed by atoms with E-state index in [4.69, 9.17) is 14.8 Å². The van der Waals surface area contributed by atoms with Crippen molar-refractivity contribution in [3.05, 3.63) is 47.5 Å². The van der Waals surface area contributed by atoms with Crippen LogP contribution in [0.3, 0.4) is 0 Å². The normalized spacial score (nSPS) is 29.9. The van der Waals surface area contributed by atoms with E-state index in [1.807, 2.05) is 12.3 Å². The van der Waals surface area contributed by atoms with Crippen LogP contribution in [0.15, 0.2) is 30.6 Å². The van der Waals surface area contributed by atoms with E-state index in [0.29, 0.717) is 12.1 Å². The molecule has 1 spiro atoms. The summed E-state index contributed by atoms with van der Waals surface area (Å²) in [5.74, 6) is 0. The van der Waals surface area contributed by atoms with E-state index in [0.717, 1.165) is 38.8 Å². The molecule has 0 radical (unpaired) electrons. The molecule has 2 fully saturated rings. The van der Waals surface area contributed by atoms with Crippen LogP contribution in [0.1, 0.15) is 100 Å². The standard InChI is InChI=1S/C26H38N4O/c1-3-21-9-10-22(24-20(2)18-29-30(21)24)27-16-13-25(23-8-4-7-15-28-23)14-17-31-26(19-25)11-5-6-12-26/h4,7-8,15,18,21-22,27H,3,5-6,9-14,16-17,19H2,1-2H3/t21?,22?,25-/m1/s1. The lowest BCUT2D eigenvalue weighted by atomic mass is 9.68. The van der Waals surface area contributed by atoms with Gasteiger partial charge >= 0.3 is 0 Å². The summed E-state index contributed by atoms with van der Waals surface area (Å²) in [6, 6.07) is 7.41. The molecule has 5 nitrogen and oxygen atoms in total. The third-order valence-electron chi connectivity index (χ3n) is 8.33. The van der Waals surface area contributed by atoms with Crippen molar-refractivity contribution in [3.63, 3.8) is 0 Å². The van der Waals surface area contributed by atoms with Crippen molar-refractivity contribution in [2.75, 3.05) is 13.2 Å². The molecule has 5 rings (SSSR count). The number of hydrogen-bond donors (Lipinski definition) is 1. The number of aryl methyl sites for hydroxylation is 1. The molecule has 2 aliphatic heterocycles. The van der Waals surface area contributed by atoms with E-state index in [1.54, 1.807) is 0 Å². The lowest BCUT2D eigenvalue weighted by Crippen LogP contribution is -2.47. The van der Waals surface area contributed by atoms with Gasteiger partial charge in [-0.15, -0.1) is 0 Å². The van der Waals surface area contributed by atoms with E-state index in [-0.39, 0.29) is 11.0 Å². The molecule has 4 heterocycles. The molecule has 31 heavy (non-hydrogen) atoms. The zero-order valence-corrected chi connectivity index (χ0v) is 19.3. The number of pyridine rings is 1. The first kappa shape index (κ1) is 21.1. The molecule has 2 aromatic heterocycles. The molecule has 5 heteroatoms. The van der Waals surface area contributed by atoms with Crippen molar-refractivity contribution < 1.29 is 4.74 Å². The van der Waals surface area contributed by atoms with Gasteiger partial charge in [0.1, 0.15) is 0 Å². The zero-order chi connectivity index (χ0) is 21.3. The molecule has 1 saturated carbocycles. The van der Waals surface area contributed by atoms with E-state index in [1.165, 1.54) is 55.5 Å². The van der Waals surface area contributed by atoms with Crippen LogP contribution in [-0.2, 0) is 10.2 Å². The number of hydrogen-bond acceptors (Lipinski definition) is 4. The van der Waals surface area contributed by atoms with Crippen molar-refractivity contribution in [1.29, 1.82) is 0 Å². The van der Waals surface area contributed by atoms with Crippen LogP contribution in [0.5, 0.6) is 0 Å². The first-order valence-electron chi connectivity index (χ1n) is 12.5. The fourth-order valence-corrected chi connectivity index (χ4v) is 6.66. The highest BCUT2D eigenvalue weighted by molar-refractivity contribution is 5.23. The Morgan fingerprint density at radius 3 is 2.84 bits per heavy atom. The van der Waals surface area contributed by atoms with E-state index < -0.39 is 0 Å². The summed E-state index contributed by atoms with van der Waals surface area (Å²) in [5.41, 5.74) is 4.20. The highest BCUT2D eigenvalue weighted by atomic mass is 16.5. The summed E-state index contributed by atoms with van der Waals surface area (Å²) < 4.78 is 8.71. The maximum absolute atomic E-state index is 6.42. The van der Waals surface area contributed by atoms with Crippen LogP contribution in [0.4, 0.5) is 0 Å². The van der Waals surface area contributed by atoms with Gasteiger partial charge in [0.25, 0.3) is 0 Å². The van der Waals surface area contributed by atoms with Crippen LogP contribution >= 0.6 is 0 Å². The highest BCUT2D eigenvalue weighted by Crippen LogP contribution is 2.49. The van der Waals surface area contributed by atoms with Gasteiger partial charge in [0, 0.05) is 30.0 Å². The van der Waals surface area contributed by atoms with Crippen molar-refractivity contribution in [2.45, 2.75) is 101 Å². The second-order valence-corrected chi connectivity index (χ2v) is 10.2. The van der Waals surface area contributed by atoms with Crippen molar-refractivity contribution in [3.8, 4) is 0 Å². The molecule has 3 atom stereocenters. The Labute approximate surface area is 187 Å². The molecule has 1 saturated heterocycles. The number of aromatic nitrogens is 3. The molecule has 1 N–H and O–H groups in total. The van der Waals surface area contributed by atoms with Gasteiger partial charge in [-0.25, -0.2) is 0 Å². The number of rotatable bonds is 6. The Bertz CT molecular complexity index is 873. The van der Waals surface area contributed by atoms with E-state index in [2.05, 4.69) is 42.2 Å². The van der Waals surface area contributed by atoms with Gasteiger partial charge in [0.05, 0.1) is 23.5 Å². The molecule has 3 aliphatic rings. The van der Waals surface area contributed by atoms with Crippen molar-refractivity contribution in [2.24, 2.45) is 0 Å². The maximum Gasteiger partial charge on any atom is 0.0691 e. The SMILES string of the molecule is CCC1CCC(NCC[C@@]2(c3ccccn3)CCOC3(CCCC3)C2)c2c(C)cnn21. The molecular weight excluding hydrogens is 384 g/mol. The molecule has 0 aromatic carbocycles. The predicted molar refractivity (Wildman–Crippen MR) is 123 cm³/mol. The zero-order valence-electron chi connectivity index (χ0n) is 19.3. The molecule has 168 valence electrons. The fourth-order valence-electron chi connectivity index (χ4n) is 6.66. The topological polar surface area (TPSA) is 52.0 Å². The summed E-state index contributed by atoms with van der Waals surface area (Å²) in [6.07, 6.45) is 16.0. The van der Waals surface area contributed by atoms with Crippen LogP contribution < -0.4 is 5.32 Å². The van der Waals surface area contributed by atoms with E-state index >= 15 is 0 Å². The van der Waals surface area contributed by atoms with Gasteiger partial charge in [0.15, 0.2) is 0 Å². The Kier molecular flexibility index (Phi) is 5.91. The summed E-state index contributed by atoms with van der Waals surface area (Å²) in [7, 11) is 0. The quantitative estimate of drug-likeness (QED) is 0.676. The van der Waals surface area contributed by atoms with Gasteiger partial charge in [0.2, 0.25) is 0 Å². The first-order chi connectivity index (χ1) is 15.1. The minimum absolute atomic E-state index is 0.0875. The minimum Gasteiger partial charge on any atom is -0.375 e. The number of fused-ring (bicyclic) bond motifs is 1. The summed E-state index contributed by atoms with van der Waals surface area (Å²) in [4.78, 5) is 4.86. The summed E-state index contributed by atoms with van der Waals surface area (Å²) in [5, 5.41) is 8.66. The highest BCUT2D eigenvalue weighted by Gasteiger charge is 2.48. The molecule has 2 unspecified atom stereocenters. The Balaban J connectivity index is 1.34. The lowest BCUT2D eigenvalue weighted by Gasteiger charge is -2.46. The summed E-state index contributed by atoms with van der Waals surface area (Å²) in [6.45, 7) is 6.37. The third-order valence-corrected chi connectivity index (χ3v) is 8.33. The van der Waals surface area contributed by atoms with Crippen LogP contribution in [0.25, 0.3) is 0 Å². The second kappa shape index (κ2) is 8.67. The van der Waals surface area contributed by atoms with Gasteiger partial charge in [-0.05, 0) is 82.5 Å². The van der Waals surface area contributed by atoms with Crippen molar-refractivity contribution in [1.82, 2.24) is 20.1 Å². The average molecular weight is 423 g/mol. The lowest BCUT2D eigenvalue weighted by molar-refractivity contribution is -0.104. The van der Waals surface area contributed by atoms with Crippen LogP contribution in [-0.4, -0.2) is 33.5 Å². The molecule has 2 aromatic rings. The smallest absolute Gasteiger partial charge is 0.0691 e. The second-order valence-electron chi connectivity index (χ2n) is 10.2. The predicted octanol–water partition coefficient (Wildman–Crippen LogP) is 5.41. The van der Waals surface area contributed by atoms with Crippen LogP contribution in [0.2, 0.25) is 0 Å². The summed E-state index contributed by atoms with van der Waals surface area (Å²) >= 11 is 0. The molecule has 1 aliphatic carbocycles. The first-order valence-corrected chi connectivity index (χ1v) is 12.5. The third kappa shape index (κ3) is 3.95. The maximum atomic E-state index is 6.42. The molecule has 0 bridgehead atoms. The molecular formula is C26H38N4O.